The summed E-state index contributed by atoms with van der Waals surface area (Å²) in [6.07, 6.45) is 2.77. The third-order valence-electron chi connectivity index (χ3n) is 5.25. The zero-order chi connectivity index (χ0) is 23.6. The Hall–Kier alpha value is -3.60. The van der Waals surface area contributed by atoms with Crippen molar-refractivity contribution in [3.05, 3.63) is 60.0 Å². The quantitative estimate of drug-likeness (QED) is 0.464. The number of urea groups is 1. The van der Waals surface area contributed by atoms with E-state index in [0.717, 1.165) is 17.0 Å². The number of alkyl halides is 3. The molecule has 11 heteroatoms. The minimum atomic E-state index is -4.51. The molecule has 1 aromatic heterocycles. The Balaban J connectivity index is 1.62. The van der Waals surface area contributed by atoms with E-state index in [2.05, 4.69) is 10.1 Å². The Morgan fingerprint density at radius 3 is 2.82 bits per heavy atom. The molecule has 1 aliphatic heterocycles. The number of carbonyl (C=O) groups excluding carboxylic acids is 2. The predicted octanol–water partition coefficient (Wildman–Crippen LogP) is 3.45. The Kier molecular flexibility index (Phi) is 6.23. The van der Waals surface area contributed by atoms with Crippen molar-refractivity contribution in [2.75, 3.05) is 20.3 Å². The van der Waals surface area contributed by atoms with Crippen molar-refractivity contribution in [3.63, 3.8) is 0 Å². The van der Waals surface area contributed by atoms with Crippen LogP contribution >= 0.6 is 0 Å². The van der Waals surface area contributed by atoms with Gasteiger partial charge in [-0.05, 0) is 18.2 Å². The van der Waals surface area contributed by atoms with Gasteiger partial charge in [0.05, 0.1) is 12.1 Å². The van der Waals surface area contributed by atoms with Crippen LogP contribution in [0.15, 0.2) is 53.1 Å². The molecule has 1 aromatic carbocycles. The summed E-state index contributed by atoms with van der Waals surface area (Å²) in [5.41, 5.74) is -0.234. The molecule has 0 spiro atoms. The van der Waals surface area contributed by atoms with Gasteiger partial charge in [0.15, 0.2) is 6.54 Å². The fraction of sp³-hybridized carbons (Fsp3) is 0.318. The number of aromatic nitrogens is 2. The second kappa shape index (κ2) is 9.10. The summed E-state index contributed by atoms with van der Waals surface area (Å²) in [6.45, 7) is 0.434. The highest BCUT2D eigenvalue weighted by Crippen LogP contribution is 2.31. The largest absolute Gasteiger partial charge is 0.501 e. The topological polar surface area (TPSA) is 88.5 Å². The number of nitrogens with zero attached hydrogens (tertiary/aromatic N) is 4. The zero-order valence-electron chi connectivity index (χ0n) is 17.6. The second-order valence-corrected chi connectivity index (χ2v) is 7.44. The Bertz CT molecular complexity index is 1170. The maximum absolute atomic E-state index is 13.1. The lowest BCUT2D eigenvalue weighted by Crippen LogP contribution is -2.54. The summed E-state index contributed by atoms with van der Waals surface area (Å²) >= 11 is 0. The van der Waals surface area contributed by atoms with Crippen LogP contribution in [0.3, 0.4) is 0 Å². The molecular formula is C22H20F3N4O4+. The van der Waals surface area contributed by atoms with Gasteiger partial charge < -0.3 is 9.26 Å². The monoisotopic (exact) mass is 461 g/mol. The molecular weight excluding hydrogens is 441 g/mol. The third-order valence-corrected chi connectivity index (χ3v) is 5.25. The molecule has 0 saturated carbocycles. The van der Waals surface area contributed by atoms with Crippen molar-refractivity contribution in [3.8, 4) is 11.4 Å². The van der Waals surface area contributed by atoms with E-state index in [1.54, 1.807) is 24.3 Å². The van der Waals surface area contributed by atoms with Gasteiger partial charge in [0.2, 0.25) is 5.82 Å². The number of carbonyl (C=O) groups is 2. The van der Waals surface area contributed by atoms with Crippen LogP contribution in [0.4, 0.5) is 18.0 Å². The van der Waals surface area contributed by atoms with Crippen molar-refractivity contribution in [2.45, 2.75) is 19.1 Å². The van der Waals surface area contributed by atoms with E-state index in [0.29, 0.717) is 18.7 Å². The van der Waals surface area contributed by atoms with E-state index in [-0.39, 0.29) is 36.3 Å². The lowest BCUT2D eigenvalue weighted by molar-refractivity contribution is -0.460. The van der Waals surface area contributed by atoms with Crippen LogP contribution in [0.5, 0.6) is 0 Å². The van der Waals surface area contributed by atoms with Crippen molar-refractivity contribution < 1.29 is 36.6 Å². The lowest BCUT2D eigenvalue weighted by atomic mass is 9.94. The van der Waals surface area contributed by atoms with Gasteiger partial charge in [-0.3, -0.25) is 0 Å². The number of ether oxygens (including phenoxy) is 1. The maximum Gasteiger partial charge on any atom is 0.501 e. The first kappa shape index (κ1) is 22.6. The fourth-order valence-electron chi connectivity index (χ4n) is 3.65. The van der Waals surface area contributed by atoms with Gasteiger partial charge in [0.1, 0.15) is 11.6 Å². The molecule has 2 aromatic rings. The Morgan fingerprint density at radius 1 is 1.24 bits per heavy atom. The van der Waals surface area contributed by atoms with Crippen molar-refractivity contribution in [1.29, 1.82) is 0 Å². The normalized spacial score (nSPS) is 18.3. The highest BCUT2D eigenvalue weighted by molar-refractivity contribution is 6.16. The molecule has 1 unspecified atom stereocenters. The van der Waals surface area contributed by atoms with Gasteiger partial charge in [-0.15, -0.1) is 0 Å². The number of hydrogen-bond acceptors (Lipinski definition) is 6. The van der Waals surface area contributed by atoms with E-state index < -0.39 is 23.7 Å². The number of allylic oxidation sites excluding steroid dienone is 3. The molecule has 0 bridgehead atoms. The maximum atomic E-state index is 13.1. The third kappa shape index (κ3) is 4.63. The van der Waals surface area contributed by atoms with Crippen molar-refractivity contribution in [2.24, 2.45) is 5.92 Å². The first-order valence-corrected chi connectivity index (χ1v) is 10.1. The molecule has 0 saturated heterocycles. The molecule has 0 radical (unpaired) electrons. The second-order valence-electron chi connectivity index (χ2n) is 7.44. The van der Waals surface area contributed by atoms with Crippen LogP contribution in [-0.2, 0) is 22.3 Å². The highest BCUT2D eigenvalue weighted by Gasteiger charge is 2.46. The summed E-state index contributed by atoms with van der Waals surface area (Å²) in [7, 11) is 1.53. The number of imide groups is 1. The number of rotatable bonds is 7. The zero-order valence-corrected chi connectivity index (χ0v) is 17.6. The van der Waals surface area contributed by atoms with Crippen LogP contribution < -0.4 is 0 Å². The number of amides is 3. The SMILES string of the molecule is COCCCN1C(=O)C2C=CC=CC2=[N+](Cc2nc(-c3cccc(C(F)(F)F)c3)no2)C1=O. The molecule has 0 N–H and O–H groups in total. The van der Waals surface area contributed by atoms with Gasteiger partial charge in [-0.2, -0.15) is 32.4 Å². The van der Waals surface area contributed by atoms with Crippen LogP contribution in [0, 0.1) is 5.92 Å². The van der Waals surface area contributed by atoms with Gasteiger partial charge in [-0.25, -0.2) is 4.79 Å². The molecule has 2 heterocycles. The van der Waals surface area contributed by atoms with Crippen LogP contribution in [0.1, 0.15) is 17.9 Å². The van der Waals surface area contributed by atoms with Gasteiger partial charge in [-0.1, -0.05) is 35.5 Å². The summed E-state index contributed by atoms with van der Waals surface area (Å²) in [5.74, 6) is -0.982. The number of methoxy groups -OCH3 is 1. The molecule has 33 heavy (non-hydrogen) atoms. The summed E-state index contributed by atoms with van der Waals surface area (Å²) in [6, 6.07) is 4.03. The van der Waals surface area contributed by atoms with E-state index in [1.165, 1.54) is 23.8 Å². The molecule has 8 nitrogen and oxygen atoms in total. The lowest BCUT2D eigenvalue weighted by Gasteiger charge is -2.26. The van der Waals surface area contributed by atoms with Crippen molar-refractivity contribution in [1.82, 2.24) is 15.0 Å². The number of halogens is 3. The van der Waals surface area contributed by atoms with Crippen LogP contribution in [-0.4, -0.2) is 57.5 Å². The molecule has 1 aliphatic carbocycles. The number of fused-ring (bicyclic) bond motifs is 1. The van der Waals surface area contributed by atoms with E-state index in [1.807, 2.05) is 0 Å². The standard InChI is InChI=1S/C22H20F3N4O4/c1-32-11-5-10-28-20(30)16-8-2-3-9-17(16)29(21(28)31)13-18-26-19(27-33-18)14-6-4-7-15(12-14)22(23,24)25/h2-4,6-9,12,16H,5,10-11,13H2,1H3/q+1. The Morgan fingerprint density at radius 2 is 2.06 bits per heavy atom. The molecule has 4 rings (SSSR count). The minimum Gasteiger partial charge on any atom is -0.385 e. The highest BCUT2D eigenvalue weighted by atomic mass is 19.4. The fourth-order valence-corrected chi connectivity index (χ4v) is 3.65. The van der Waals surface area contributed by atoms with Crippen LogP contribution in [0.25, 0.3) is 11.4 Å². The molecule has 0 fully saturated rings. The average Bonchev–Trinajstić information content (AvgIpc) is 3.27. The minimum absolute atomic E-state index is 0.0242. The van der Waals surface area contributed by atoms with Crippen molar-refractivity contribution >= 4 is 17.6 Å². The molecule has 172 valence electrons. The molecule has 1 atom stereocenters. The van der Waals surface area contributed by atoms with Gasteiger partial charge >= 0.3 is 18.1 Å². The molecule has 2 aliphatic rings. The first-order valence-electron chi connectivity index (χ1n) is 10.1. The summed E-state index contributed by atoms with van der Waals surface area (Å²) in [5, 5.41) is 3.77. The van der Waals surface area contributed by atoms with Gasteiger partial charge in [0.25, 0.3) is 5.89 Å². The summed E-state index contributed by atoms with van der Waals surface area (Å²) in [4.78, 5) is 31.3. The number of benzene rings is 1. The number of hydrogen-bond donors (Lipinski definition) is 0. The van der Waals surface area contributed by atoms with E-state index >= 15 is 0 Å². The molecule has 3 amide bonds. The van der Waals surface area contributed by atoms with E-state index in [4.69, 9.17) is 9.26 Å². The summed E-state index contributed by atoms with van der Waals surface area (Å²) < 4.78 is 50.6. The van der Waals surface area contributed by atoms with E-state index in [9.17, 15) is 22.8 Å². The Labute approximate surface area is 186 Å². The average molecular weight is 461 g/mol. The van der Waals surface area contributed by atoms with Crippen LogP contribution in [0.2, 0.25) is 0 Å². The first-order chi connectivity index (χ1) is 15.8. The smallest absolute Gasteiger partial charge is 0.385 e. The predicted molar refractivity (Wildman–Crippen MR) is 109 cm³/mol. The van der Waals surface area contributed by atoms with Gasteiger partial charge in [0, 0.05) is 25.7 Å².